The number of benzene rings is 1. The largest absolute Gasteiger partial charge is 0.397 e. The highest BCUT2D eigenvalue weighted by Gasteiger charge is 2.15. The molecular formula is C14H16ClFN2S. The fraction of sp³-hybridized carbons (Fsp3) is 0.286. The van der Waals surface area contributed by atoms with Crippen LogP contribution in [0, 0.1) is 5.82 Å². The van der Waals surface area contributed by atoms with E-state index in [4.69, 9.17) is 17.3 Å². The highest BCUT2D eigenvalue weighted by molar-refractivity contribution is 7.09. The lowest BCUT2D eigenvalue weighted by Gasteiger charge is -2.28. The van der Waals surface area contributed by atoms with Crippen molar-refractivity contribution in [2.24, 2.45) is 0 Å². The molecule has 2 nitrogen and oxygen atoms in total. The van der Waals surface area contributed by atoms with Gasteiger partial charge < -0.3 is 10.6 Å². The zero-order chi connectivity index (χ0) is 14.0. The van der Waals surface area contributed by atoms with E-state index in [-0.39, 0.29) is 11.1 Å². The van der Waals surface area contributed by atoms with Gasteiger partial charge in [-0.05, 0) is 24.4 Å². The summed E-state index contributed by atoms with van der Waals surface area (Å²) in [5.41, 5.74) is 7.03. The number of nitrogen functional groups attached to an aromatic ring is 1. The molecule has 2 rings (SSSR count). The quantitative estimate of drug-likeness (QED) is 0.858. The summed E-state index contributed by atoms with van der Waals surface area (Å²) in [6.07, 6.45) is 0.919. The first kappa shape index (κ1) is 14.2. The van der Waals surface area contributed by atoms with E-state index in [2.05, 4.69) is 18.4 Å². The first-order chi connectivity index (χ1) is 8.99. The maximum atomic E-state index is 13.3. The Labute approximate surface area is 121 Å². The lowest BCUT2D eigenvalue weighted by Crippen LogP contribution is -2.31. The normalized spacial score (nSPS) is 12.4. The number of hydrogen-bond donors (Lipinski definition) is 1. The summed E-state index contributed by atoms with van der Waals surface area (Å²) in [5.74, 6) is -0.484. The summed E-state index contributed by atoms with van der Waals surface area (Å²) in [7, 11) is 1.94. The zero-order valence-electron chi connectivity index (χ0n) is 10.9. The first-order valence-electron chi connectivity index (χ1n) is 5.98. The number of thiophene rings is 1. The van der Waals surface area contributed by atoms with Crippen molar-refractivity contribution in [3.05, 3.63) is 45.4 Å². The number of likely N-dealkylation sites (N-methyl/N-ethyl adjacent to an activating group) is 1. The van der Waals surface area contributed by atoms with Crippen LogP contribution in [0.15, 0.2) is 29.6 Å². The molecule has 0 aliphatic carbocycles. The number of nitrogens with two attached hydrogens (primary N) is 1. The van der Waals surface area contributed by atoms with Gasteiger partial charge in [-0.2, -0.15) is 0 Å². The highest BCUT2D eigenvalue weighted by atomic mass is 35.5. The number of halogens is 2. The molecule has 102 valence electrons. The maximum Gasteiger partial charge on any atom is 0.143 e. The van der Waals surface area contributed by atoms with Crippen molar-refractivity contribution in [2.45, 2.75) is 19.4 Å². The van der Waals surface area contributed by atoms with E-state index in [0.717, 1.165) is 12.1 Å². The van der Waals surface area contributed by atoms with Crippen molar-refractivity contribution in [1.82, 2.24) is 0 Å². The molecule has 0 aliphatic heterocycles. The number of nitrogens with zero attached hydrogens (tertiary/aromatic N) is 1. The van der Waals surface area contributed by atoms with E-state index in [1.54, 1.807) is 17.4 Å². The van der Waals surface area contributed by atoms with E-state index in [1.165, 1.54) is 10.9 Å². The molecule has 0 fully saturated rings. The van der Waals surface area contributed by atoms with Crippen LogP contribution in [-0.4, -0.2) is 13.1 Å². The summed E-state index contributed by atoms with van der Waals surface area (Å²) in [4.78, 5) is 3.34. The third-order valence-corrected chi connectivity index (χ3v) is 4.38. The van der Waals surface area contributed by atoms with Gasteiger partial charge >= 0.3 is 0 Å². The van der Waals surface area contributed by atoms with E-state index >= 15 is 0 Å². The van der Waals surface area contributed by atoms with Crippen LogP contribution < -0.4 is 10.6 Å². The number of anilines is 2. The molecule has 0 saturated carbocycles. The Morgan fingerprint density at radius 1 is 1.47 bits per heavy atom. The van der Waals surface area contributed by atoms with Gasteiger partial charge in [0.1, 0.15) is 5.82 Å². The smallest absolute Gasteiger partial charge is 0.143 e. The first-order valence-corrected chi connectivity index (χ1v) is 7.24. The fourth-order valence-electron chi connectivity index (χ4n) is 1.95. The Morgan fingerprint density at radius 2 is 2.21 bits per heavy atom. The van der Waals surface area contributed by atoms with Gasteiger partial charge in [-0.15, -0.1) is 11.3 Å². The van der Waals surface area contributed by atoms with Crippen LogP contribution in [0.5, 0.6) is 0 Å². The predicted octanol–water partition coefficient (Wildman–Crippen LogP) is 4.19. The Bertz CT molecular complexity index is 557. The molecular weight excluding hydrogens is 283 g/mol. The van der Waals surface area contributed by atoms with E-state index in [0.29, 0.717) is 5.69 Å². The van der Waals surface area contributed by atoms with Gasteiger partial charge in [0.15, 0.2) is 0 Å². The molecule has 0 bridgehead atoms. The lowest BCUT2D eigenvalue weighted by atomic mass is 10.1. The number of rotatable bonds is 4. The number of hydrogen-bond acceptors (Lipinski definition) is 3. The van der Waals surface area contributed by atoms with Crippen LogP contribution in [0.25, 0.3) is 0 Å². The molecule has 1 unspecified atom stereocenters. The van der Waals surface area contributed by atoms with Crippen LogP contribution in [0.2, 0.25) is 5.02 Å². The molecule has 0 aliphatic rings. The van der Waals surface area contributed by atoms with Crippen LogP contribution in [0.3, 0.4) is 0 Å². The molecule has 2 N–H and O–H groups in total. The summed E-state index contributed by atoms with van der Waals surface area (Å²) in [6, 6.07) is 7.25. The third kappa shape index (κ3) is 3.19. The highest BCUT2D eigenvalue weighted by Crippen LogP contribution is 2.30. The van der Waals surface area contributed by atoms with Crippen molar-refractivity contribution < 1.29 is 4.39 Å². The van der Waals surface area contributed by atoms with E-state index in [9.17, 15) is 4.39 Å². The average Bonchev–Trinajstić information content (AvgIpc) is 2.85. The van der Waals surface area contributed by atoms with Crippen molar-refractivity contribution >= 4 is 34.3 Å². The van der Waals surface area contributed by atoms with Crippen LogP contribution in [0.1, 0.15) is 11.8 Å². The second-order valence-electron chi connectivity index (χ2n) is 4.57. The Balaban J connectivity index is 2.19. The Morgan fingerprint density at radius 3 is 2.84 bits per heavy atom. The molecule has 0 spiro atoms. The van der Waals surface area contributed by atoms with Gasteiger partial charge in [0.25, 0.3) is 0 Å². The van der Waals surface area contributed by atoms with Gasteiger partial charge in [0.2, 0.25) is 0 Å². The molecule has 2 aromatic rings. The second kappa shape index (κ2) is 5.80. The van der Waals surface area contributed by atoms with Crippen molar-refractivity contribution in [3.63, 3.8) is 0 Å². The summed E-state index contributed by atoms with van der Waals surface area (Å²) < 4.78 is 13.3. The maximum absolute atomic E-state index is 13.3. The van der Waals surface area contributed by atoms with Gasteiger partial charge in [0.05, 0.1) is 16.4 Å². The monoisotopic (exact) mass is 298 g/mol. The topological polar surface area (TPSA) is 29.3 Å². The standard InChI is InChI=1S/C14H16ClFN2S/c1-9(6-10-4-3-5-19-10)18(2)14-7-11(15)12(16)8-13(14)17/h3-5,7-9H,6,17H2,1-2H3. The lowest BCUT2D eigenvalue weighted by molar-refractivity contribution is 0.627. The predicted molar refractivity (Wildman–Crippen MR) is 81.7 cm³/mol. The minimum Gasteiger partial charge on any atom is -0.397 e. The Kier molecular flexibility index (Phi) is 4.32. The van der Waals surface area contributed by atoms with Crippen LogP contribution in [0.4, 0.5) is 15.8 Å². The molecule has 1 aromatic carbocycles. The molecule has 0 amide bonds. The van der Waals surface area contributed by atoms with Crippen molar-refractivity contribution in [1.29, 1.82) is 0 Å². The second-order valence-corrected chi connectivity index (χ2v) is 6.01. The summed E-state index contributed by atoms with van der Waals surface area (Å²) in [6.45, 7) is 2.11. The SMILES string of the molecule is CC(Cc1cccs1)N(C)c1cc(Cl)c(F)cc1N. The molecule has 0 saturated heterocycles. The molecule has 1 aromatic heterocycles. The molecule has 19 heavy (non-hydrogen) atoms. The van der Waals surface area contributed by atoms with Gasteiger partial charge in [-0.25, -0.2) is 4.39 Å². The molecule has 1 heterocycles. The van der Waals surface area contributed by atoms with Crippen LogP contribution in [-0.2, 0) is 6.42 Å². The minimum absolute atomic E-state index is 0.0966. The van der Waals surface area contributed by atoms with Crippen molar-refractivity contribution in [2.75, 3.05) is 17.7 Å². The fourth-order valence-corrected chi connectivity index (χ4v) is 2.94. The zero-order valence-corrected chi connectivity index (χ0v) is 12.4. The van der Waals surface area contributed by atoms with E-state index < -0.39 is 5.82 Å². The summed E-state index contributed by atoms with van der Waals surface area (Å²) >= 11 is 7.55. The van der Waals surface area contributed by atoms with Crippen LogP contribution >= 0.6 is 22.9 Å². The minimum atomic E-state index is -0.484. The van der Waals surface area contributed by atoms with Gasteiger partial charge in [-0.1, -0.05) is 17.7 Å². The summed E-state index contributed by atoms with van der Waals surface area (Å²) in [5, 5.41) is 2.16. The Hall–Kier alpha value is -1.26. The molecule has 5 heteroatoms. The average molecular weight is 299 g/mol. The van der Waals surface area contributed by atoms with Crippen molar-refractivity contribution in [3.8, 4) is 0 Å². The van der Waals surface area contributed by atoms with E-state index in [1.807, 2.05) is 18.0 Å². The van der Waals surface area contributed by atoms with Gasteiger partial charge in [0, 0.05) is 30.5 Å². The molecule has 0 radical (unpaired) electrons. The molecule has 1 atom stereocenters. The van der Waals surface area contributed by atoms with Gasteiger partial charge in [-0.3, -0.25) is 0 Å². The third-order valence-electron chi connectivity index (χ3n) is 3.19.